The lowest BCUT2D eigenvalue weighted by molar-refractivity contribution is -0.926. The van der Waals surface area contributed by atoms with Crippen LogP contribution in [0.15, 0.2) is 42.5 Å². The molecule has 1 heterocycles. The molecule has 28 heavy (non-hydrogen) atoms. The molecular formula is C21H25FN3O3+. The Labute approximate surface area is 163 Å². The third-order valence-electron chi connectivity index (χ3n) is 5.12. The van der Waals surface area contributed by atoms with E-state index in [1.54, 1.807) is 18.2 Å². The molecule has 2 N–H and O–H groups in total. The van der Waals surface area contributed by atoms with Gasteiger partial charge in [0.25, 0.3) is 5.91 Å². The average Bonchev–Trinajstić information content (AvgIpc) is 2.70. The number of halogens is 1. The largest absolute Gasteiger partial charge is 0.494 e. The van der Waals surface area contributed by atoms with Gasteiger partial charge in [-0.25, -0.2) is 4.39 Å². The van der Waals surface area contributed by atoms with Gasteiger partial charge in [0.15, 0.2) is 17.6 Å². The Morgan fingerprint density at radius 1 is 1.32 bits per heavy atom. The summed E-state index contributed by atoms with van der Waals surface area (Å²) in [4.78, 5) is 27.7. The SMILES string of the molecule is CC[NH+](Cc1ccc(OC)c(F)c1)[C@@H](C)C(=O)N1CC(=O)Nc2ccccc21. The number of methoxy groups -OCH3 is 1. The van der Waals surface area contributed by atoms with Gasteiger partial charge in [-0.1, -0.05) is 12.1 Å². The zero-order valence-corrected chi connectivity index (χ0v) is 16.3. The molecule has 1 aliphatic rings. The van der Waals surface area contributed by atoms with Crippen LogP contribution in [0.25, 0.3) is 0 Å². The van der Waals surface area contributed by atoms with Gasteiger partial charge in [-0.2, -0.15) is 0 Å². The topological polar surface area (TPSA) is 63.1 Å². The quantitative estimate of drug-likeness (QED) is 0.793. The zero-order chi connectivity index (χ0) is 20.3. The summed E-state index contributed by atoms with van der Waals surface area (Å²) < 4.78 is 19.0. The number of rotatable bonds is 6. The third kappa shape index (κ3) is 3.99. The first kappa shape index (κ1) is 19.8. The molecule has 6 nitrogen and oxygen atoms in total. The van der Waals surface area contributed by atoms with Gasteiger partial charge in [0.1, 0.15) is 13.1 Å². The van der Waals surface area contributed by atoms with Gasteiger partial charge in [-0.15, -0.1) is 0 Å². The van der Waals surface area contributed by atoms with Crippen LogP contribution >= 0.6 is 0 Å². The third-order valence-corrected chi connectivity index (χ3v) is 5.12. The smallest absolute Gasteiger partial charge is 0.285 e. The minimum atomic E-state index is -0.420. The predicted octanol–water partition coefficient (Wildman–Crippen LogP) is 1.61. The second kappa shape index (κ2) is 8.39. The van der Waals surface area contributed by atoms with Crippen molar-refractivity contribution in [2.75, 3.05) is 30.4 Å². The number of quaternary nitrogens is 1. The van der Waals surface area contributed by atoms with Crippen molar-refractivity contribution in [1.29, 1.82) is 0 Å². The van der Waals surface area contributed by atoms with Crippen LogP contribution in [0.2, 0.25) is 0 Å². The Kier molecular flexibility index (Phi) is 5.94. The number of fused-ring (bicyclic) bond motifs is 1. The monoisotopic (exact) mass is 386 g/mol. The van der Waals surface area contributed by atoms with Gasteiger partial charge < -0.3 is 15.0 Å². The predicted molar refractivity (Wildman–Crippen MR) is 105 cm³/mol. The van der Waals surface area contributed by atoms with Crippen LogP contribution in [0.3, 0.4) is 0 Å². The Hall–Kier alpha value is -2.93. The number of hydrogen-bond donors (Lipinski definition) is 2. The van der Waals surface area contributed by atoms with Gasteiger partial charge in [-0.05, 0) is 44.2 Å². The summed E-state index contributed by atoms with van der Waals surface area (Å²) in [5.41, 5.74) is 2.12. The summed E-state index contributed by atoms with van der Waals surface area (Å²) in [5.74, 6) is -0.569. The number of carbonyl (C=O) groups excluding carboxylic acids is 2. The molecule has 3 rings (SSSR count). The van der Waals surface area contributed by atoms with E-state index in [1.807, 2.05) is 32.0 Å². The molecule has 0 radical (unpaired) electrons. The maximum atomic E-state index is 14.0. The number of hydrogen-bond acceptors (Lipinski definition) is 3. The van der Waals surface area contributed by atoms with Crippen molar-refractivity contribution in [1.82, 2.24) is 0 Å². The van der Waals surface area contributed by atoms with Crippen LogP contribution in [-0.4, -0.2) is 38.1 Å². The van der Waals surface area contributed by atoms with E-state index in [9.17, 15) is 14.0 Å². The minimum Gasteiger partial charge on any atom is -0.494 e. The van der Waals surface area contributed by atoms with E-state index in [4.69, 9.17) is 4.74 Å². The lowest BCUT2D eigenvalue weighted by Crippen LogP contribution is -3.15. The standard InChI is InChI=1S/C21H24FN3O3/c1-4-24(12-15-9-10-19(28-3)16(22)11-15)14(2)21(27)25-13-20(26)23-17-7-5-6-8-18(17)25/h5-11,14H,4,12-13H2,1-3H3,(H,23,26)/p+1/t14-/m0/s1. The molecule has 0 saturated heterocycles. The second-order valence-corrected chi connectivity index (χ2v) is 6.87. The van der Waals surface area contributed by atoms with E-state index < -0.39 is 11.9 Å². The fourth-order valence-electron chi connectivity index (χ4n) is 3.50. The highest BCUT2D eigenvalue weighted by molar-refractivity contribution is 6.10. The summed E-state index contributed by atoms with van der Waals surface area (Å²) in [6, 6.07) is 11.7. The molecule has 2 amide bonds. The highest BCUT2D eigenvalue weighted by Crippen LogP contribution is 2.29. The highest BCUT2D eigenvalue weighted by atomic mass is 19.1. The molecule has 0 bridgehead atoms. The fraction of sp³-hybridized carbons (Fsp3) is 0.333. The maximum Gasteiger partial charge on any atom is 0.285 e. The number of nitrogens with zero attached hydrogens (tertiary/aromatic N) is 1. The molecule has 0 aromatic heterocycles. The van der Waals surface area contributed by atoms with Crippen molar-refractivity contribution in [2.45, 2.75) is 26.4 Å². The number of ether oxygens (including phenoxy) is 1. The van der Waals surface area contributed by atoms with Crippen LogP contribution < -0.4 is 19.9 Å². The minimum absolute atomic E-state index is 0.00561. The number of anilines is 2. The highest BCUT2D eigenvalue weighted by Gasteiger charge is 2.34. The Bertz CT molecular complexity index is 887. The van der Waals surface area contributed by atoms with Crippen molar-refractivity contribution in [3.63, 3.8) is 0 Å². The van der Waals surface area contributed by atoms with Crippen LogP contribution in [0.5, 0.6) is 5.75 Å². The Balaban J connectivity index is 1.79. The van der Waals surface area contributed by atoms with Crippen molar-refractivity contribution in [2.24, 2.45) is 0 Å². The van der Waals surface area contributed by atoms with Gasteiger partial charge in [0.05, 0.1) is 25.0 Å². The average molecular weight is 386 g/mol. The van der Waals surface area contributed by atoms with E-state index >= 15 is 0 Å². The van der Waals surface area contributed by atoms with E-state index in [-0.39, 0.29) is 24.1 Å². The van der Waals surface area contributed by atoms with Gasteiger partial charge in [-0.3, -0.25) is 14.5 Å². The van der Waals surface area contributed by atoms with Gasteiger partial charge in [0.2, 0.25) is 5.91 Å². The number of amides is 2. The van der Waals surface area contributed by atoms with E-state index in [1.165, 1.54) is 18.1 Å². The van der Waals surface area contributed by atoms with Crippen LogP contribution in [0.1, 0.15) is 19.4 Å². The number of para-hydroxylation sites is 2. The molecular weight excluding hydrogens is 361 g/mol. The fourth-order valence-corrected chi connectivity index (χ4v) is 3.50. The number of carbonyl (C=O) groups is 2. The molecule has 1 unspecified atom stereocenters. The molecule has 148 valence electrons. The van der Waals surface area contributed by atoms with Gasteiger partial charge >= 0.3 is 0 Å². The Morgan fingerprint density at radius 3 is 2.75 bits per heavy atom. The molecule has 0 spiro atoms. The van der Waals surface area contributed by atoms with Crippen LogP contribution in [0, 0.1) is 5.82 Å². The van der Waals surface area contributed by atoms with Crippen molar-refractivity contribution in [3.05, 3.63) is 53.8 Å². The van der Waals surface area contributed by atoms with E-state index in [2.05, 4.69) is 5.32 Å². The second-order valence-electron chi connectivity index (χ2n) is 6.87. The summed E-state index contributed by atoms with van der Waals surface area (Å²) in [5, 5.41) is 2.79. The molecule has 2 atom stereocenters. The van der Waals surface area contributed by atoms with Crippen molar-refractivity contribution in [3.8, 4) is 5.75 Å². The summed E-state index contributed by atoms with van der Waals surface area (Å²) in [6.45, 7) is 4.99. The lowest BCUT2D eigenvalue weighted by atomic mass is 10.1. The Morgan fingerprint density at radius 2 is 2.07 bits per heavy atom. The number of benzene rings is 2. The van der Waals surface area contributed by atoms with Crippen molar-refractivity contribution < 1.29 is 23.6 Å². The maximum absolute atomic E-state index is 14.0. The molecule has 0 saturated carbocycles. The zero-order valence-electron chi connectivity index (χ0n) is 16.3. The van der Waals surface area contributed by atoms with E-state index in [0.717, 1.165) is 10.5 Å². The first-order valence-corrected chi connectivity index (χ1v) is 9.31. The van der Waals surface area contributed by atoms with Crippen LogP contribution in [-0.2, 0) is 16.1 Å². The molecule has 2 aromatic carbocycles. The molecule has 2 aromatic rings. The number of likely N-dealkylation sites (N-methyl/N-ethyl adjacent to an activating group) is 1. The molecule has 0 aliphatic carbocycles. The normalized spacial score (nSPS) is 15.4. The van der Waals surface area contributed by atoms with Crippen LogP contribution in [0.4, 0.5) is 15.8 Å². The summed E-state index contributed by atoms with van der Waals surface area (Å²) in [6.07, 6.45) is 0. The first-order valence-electron chi connectivity index (χ1n) is 9.31. The molecule has 7 heteroatoms. The van der Waals surface area contributed by atoms with E-state index in [0.29, 0.717) is 24.5 Å². The first-order chi connectivity index (χ1) is 13.4. The molecule has 1 aliphatic heterocycles. The summed E-state index contributed by atoms with van der Waals surface area (Å²) >= 11 is 0. The van der Waals surface area contributed by atoms with Gasteiger partial charge in [0, 0.05) is 5.56 Å². The number of nitrogens with one attached hydrogen (secondary N) is 2. The van der Waals surface area contributed by atoms with Crippen molar-refractivity contribution >= 4 is 23.2 Å². The molecule has 0 fully saturated rings. The summed E-state index contributed by atoms with van der Waals surface area (Å²) in [7, 11) is 1.43. The lowest BCUT2D eigenvalue weighted by Gasteiger charge is -2.33.